The van der Waals surface area contributed by atoms with Gasteiger partial charge in [0.05, 0.1) is 0 Å². The van der Waals surface area contributed by atoms with Crippen molar-refractivity contribution in [1.29, 1.82) is 0 Å². The number of nitrogens with one attached hydrogen (secondary N) is 1. The molecule has 31 valence electrons. The number of rotatable bonds is 0. The van der Waals surface area contributed by atoms with Crippen LogP contribution in [-0.2, 0) is 0 Å². The van der Waals surface area contributed by atoms with E-state index in [2.05, 4.69) is 11.2 Å². The SMILES string of the molecule is [C]1N[CH]C=CS1. The summed E-state index contributed by atoms with van der Waals surface area (Å²) in [5, 5.41) is 4.74. The van der Waals surface area contributed by atoms with E-state index in [1.165, 1.54) is 11.8 Å². The van der Waals surface area contributed by atoms with Crippen LogP contribution in [0, 0.1) is 12.4 Å². The molecule has 0 saturated carbocycles. The van der Waals surface area contributed by atoms with Gasteiger partial charge in [-0.3, -0.25) is 5.32 Å². The van der Waals surface area contributed by atoms with Crippen LogP contribution in [0.3, 0.4) is 0 Å². The summed E-state index contributed by atoms with van der Waals surface area (Å²) in [4.78, 5) is 0. The van der Waals surface area contributed by atoms with Crippen molar-refractivity contribution < 1.29 is 0 Å². The summed E-state index contributed by atoms with van der Waals surface area (Å²) in [5.74, 6) is 2.81. The van der Waals surface area contributed by atoms with E-state index in [9.17, 15) is 0 Å². The standard InChI is InChI=1S/C4H4NS/c1-2-5-4-6-3-1/h1-3,5H. The second-order valence-corrected chi connectivity index (χ2v) is 1.57. The minimum Gasteiger partial charge on any atom is -0.290 e. The van der Waals surface area contributed by atoms with Crippen LogP contribution >= 0.6 is 11.8 Å². The molecule has 0 aliphatic carbocycles. The Labute approximate surface area is 41.8 Å². The summed E-state index contributed by atoms with van der Waals surface area (Å²) in [6.45, 7) is 1.83. The largest absolute Gasteiger partial charge is 0.290 e. The molecule has 0 unspecified atom stereocenters. The Morgan fingerprint density at radius 3 is 2.83 bits per heavy atom. The lowest BCUT2D eigenvalue weighted by Crippen LogP contribution is -2.02. The van der Waals surface area contributed by atoms with Crippen molar-refractivity contribution in [2.75, 3.05) is 0 Å². The molecule has 0 saturated heterocycles. The van der Waals surface area contributed by atoms with E-state index < -0.39 is 0 Å². The van der Waals surface area contributed by atoms with Crippen molar-refractivity contribution in [1.82, 2.24) is 5.32 Å². The molecule has 1 heterocycles. The van der Waals surface area contributed by atoms with Gasteiger partial charge in [0.2, 0.25) is 0 Å². The highest BCUT2D eigenvalue weighted by Crippen LogP contribution is 2.07. The fraction of sp³-hybridized carbons (Fsp3) is 0. The summed E-state index contributed by atoms with van der Waals surface area (Å²) in [5.41, 5.74) is 0. The smallest absolute Gasteiger partial charge is 0.131 e. The maximum atomic E-state index is 2.81. The Morgan fingerprint density at radius 2 is 2.67 bits per heavy atom. The van der Waals surface area contributed by atoms with Gasteiger partial charge in [-0.15, -0.1) is 11.8 Å². The second-order valence-electron chi connectivity index (χ2n) is 0.859. The molecule has 6 heavy (non-hydrogen) atoms. The lowest BCUT2D eigenvalue weighted by molar-refractivity contribution is 1.08. The van der Waals surface area contributed by atoms with Crippen LogP contribution in [0.4, 0.5) is 0 Å². The molecule has 1 aliphatic rings. The Hall–Kier alpha value is 0.0500. The van der Waals surface area contributed by atoms with E-state index in [-0.39, 0.29) is 0 Å². The van der Waals surface area contributed by atoms with Gasteiger partial charge in [0.15, 0.2) is 0 Å². The molecule has 0 amide bonds. The van der Waals surface area contributed by atoms with Crippen molar-refractivity contribution in [3.05, 3.63) is 23.9 Å². The van der Waals surface area contributed by atoms with Gasteiger partial charge in [0.25, 0.3) is 0 Å². The Kier molecular flexibility index (Phi) is 1.59. The zero-order chi connectivity index (χ0) is 4.24. The average Bonchev–Trinajstić information content (AvgIpc) is 1.72. The van der Waals surface area contributed by atoms with Crippen LogP contribution in [0.5, 0.6) is 0 Å². The van der Waals surface area contributed by atoms with Crippen LogP contribution in [0.1, 0.15) is 0 Å². The fourth-order valence-electron chi connectivity index (χ4n) is 0.229. The molecule has 0 aromatic rings. The molecule has 0 aromatic carbocycles. The first-order valence-electron chi connectivity index (χ1n) is 1.65. The zero-order valence-corrected chi connectivity index (χ0v) is 3.96. The molecule has 3 radical (unpaired) electrons. The van der Waals surface area contributed by atoms with Gasteiger partial charge in [0, 0.05) is 6.54 Å². The van der Waals surface area contributed by atoms with Crippen molar-refractivity contribution in [3.63, 3.8) is 0 Å². The zero-order valence-electron chi connectivity index (χ0n) is 3.14. The van der Waals surface area contributed by atoms with Gasteiger partial charge in [0.1, 0.15) is 5.88 Å². The lowest BCUT2D eigenvalue weighted by Gasteiger charge is -1.98. The third-order valence-corrected chi connectivity index (χ3v) is 0.973. The fourth-order valence-corrected chi connectivity index (χ4v) is 0.590. The summed E-state index contributed by atoms with van der Waals surface area (Å²) < 4.78 is 0. The van der Waals surface area contributed by atoms with E-state index in [1.54, 1.807) is 0 Å². The molecule has 2 heteroatoms. The molecular formula is C4H4NS. The van der Waals surface area contributed by atoms with Crippen molar-refractivity contribution >= 4 is 11.8 Å². The van der Waals surface area contributed by atoms with Gasteiger partial charge in [-0.05, 0) is 5.41 Å². The molecular weight excluding hydrogens is 94.1 g/mol. The number of hydrogen-bond acceptors (Lipinski definition) is 2. The van der Waals surface area contributed by atoms with Crippen molar-refractivity contribution in [2.24, 2.45) is 0 Å². The molecule has 0 spiro atoms. The van der Waals surface area contributed by atoms with Crippen LogP contribution in [0.25, 0.3) is 0 Å². The summed E-state index contributed by atoms with van der Waals surface area (Å²) in [7, 11) is 0. The van der Waals surface area contributed by atoms with E-state index in [1.807, 2.05) is 18.0 Å². The highest BCUT2D eigenvalue weighted by atomic mass is 32.2. The van der Waals surface area contributed by atoms with Crippen LogP contribution < -0.4 is 5.32 Å². The number of thioether (sulfide) groups is 1. The third kappa shape index (κ3) is 1.03. The van der Waals surface area contributed by atoms with Gasteiger partial charge in [-0.2, -0.15) is 0 Å². The predicted molar refractivity (Wildman–Crippen MR) is 27.4 cm³/mol. The summed E-state index contributed by atoms with van der Waals surface area (Å²) >= 11 is 1.52. The summed E-state index contributed by atoms with van der Waals surface area (Å²) in [6.07, 6.45) is 1.93. The van der Waals surface area contributed by atoms with Gasteiger partial charge in [-0.1, -0.05) is 6.08 Å². The normalized spacial score (nSPS) is 21.3. The Bertz CT molecular complexity index is 52.6. The molecule has 1 aliphatic heterocycles. The first kappa shape index (κ1) is 4.22. The molecule has 1 N–H and O–H groups in total. The Balaban J connectivity index is 2.26. The monoisotopic (exact) mass is 98.0 g/mol. The van der Waals surface area contributed by atoms with Gasteiger partial charge in [-0.25, -0.2) is 0 Å². The highest BCUT2D eigenvalue weighted by molar-refractivity contribution is 8.04. The lowest BCUT2D eigenvalue weighted by atomic mass is 10.6. The van der Waals surface area contributed by atoms with Crippen LogP contribution in [0.15, 0.2) is 11.5 Å². The van der Waals surface area contributed by atoms with E-state index in [0.717, 1.165) is 0 Å². The van der Waals surface area contributed by atoms with Gasteiger partial charge >= 0.3 is 0 Å². The maximum Gasteiger partial charge on any atom is 0.131 e. The van der Waals surface area contributed by atoms with Crippen molar-refractivity contribution in [2.45, 2.75) is 0 Å². The maximum absolute atomic E-state index is 2.81. The van der Waals surface area contributed by atoms with E-state index in [4.69, 9.17) is 0 Å². The average molecular weight is 98.2 g/mol. The molecule has 0 fully saturated rings. The molecule has 0 atom stereocenters. The first-order valence-corrected chi connectivity index (χ1v) is 2.52. The second kappa shape index (κ2) is 2.26. The van der Waals surface area contributed by atoms with E-state index in [0.29, 0.717) is 0 Å². The Morgan fingerprint density at radius 1 is 1.67 bits per heavy atom. The van der Waals surface area contributed by atoms with Crippen LogP contribution in [0.2, 0.25) is 0 Å². The predicted octanol–water partition coefficient (Wildman–Crippen LogP) is 0.995. The summed E-state index contributed by atoms with van der Waals surface area (Å²) in [6, 6.07) is 0. The first-order chi connectivity index (χ1) is 3.00. The molecule has 0 aromatic heterocycles. The quantitative estimate of drug-likeness (QED) is 0.485. The minimum atomic E-state index is 1.52. The third-order valence-electron chi connectivity index (χ3n) is 0.444. The van der Waals surface area contributed by atoms with Crippen molar-refractivity contribution in [3.8, 4) is 0 Å². The van der Waals surface area contributed by atoms with Gasteiger partial charge < -0.3 is 0 Å². The molecule has 0 bridgehead atoms. The van der Waals surface area contributed by atoms with Crippen LogP contribution in [-0.4, -0.2) is 0 Å². The minimum absolute atomic E-state index is 1.52. The van der Waals surface area contributed by atoms with E-state index >= 15 is 0 Å². The molecule has 1 nitrogen and oxygen atoms in total. The number of hydrogen-bond donors (Lipinski definition) is 1. The molecule has 1 rings (SSSR count). The topological polar surface area (TPSA) is 12.0 Å². The highest BCUT2D eigenvalue weighted by Gasteiger charge is 1.87.